The molecule has 2 saturated heterocycles. The molecule has 1 atom stereocenters. The van der Waals surface area contributed by atoms with E-state index in [1.165, 1.54) is 17.0 Å². The number of benzene rings is 2. The first-order valence-corrected chi connectivity index (χ1v) is 10.0. The number of nitrogens with zero attached hydrogens (tertiary/aromatic N) is 3. The number of amides is 4. The number of cyclic esters (lactones) is 1. The van der Waals surface area contributed by atoms with Crippen LogP contribution in [0.25, 0.3) is 0 Å². The summed E-state index contributed by atoms with van der Waals surface area (Å²) in [5.41, 5.74) is 0.968. The van der Waals surface area contributed by atoms with Gasteiger partial charge in [0, 0.05) is 12.2 Å². The Hall–Kier alpha value is -3.79. The Morgan fingerprint density at radius 3 is 2.34 bits per heavy atom. The molecule has 164 valence electrons. The average Bonchev–Trinajstić information content (AvgIpc) is 3.27. The second-order valence-electron chi connectivity index (χ2n) is 7.62. The molecule has 0 aliphatic carbocycles. The third-order valence-electron chi connectivity index (χ3n) is 5.66. The summed E-state index contributed by atoms with van der Waals surface area (Å²) in [5.74, 6) is -1.87. The van der Waals surface area contributed by atoms with Crippen molar-refractivity contribution in [3.05, 3.63) is 59.4 Å². The zero-order valence-electron chi connectivity index (χ0n) is 16.8. The maximum absolute atomic E-state index is 14.9. The van der Waals surface area contributed by atoms with Gasteiger partial charge in [-0.2, -0.15) is 0 Å². The standard InChI is InChI=1S/C22H18FN3O6/c23-17-9-13(24-7-8-31-12-19(24)27)5-6-18(17)25-10-14(32-22(25)30)11-26-20(28)15-3-1-2-4-16(15)21(26)29/h1-6,9,14H,7-8,10-12H2/t14-/m1/s1. The number of anilines is 2. The molecule has 0 unspecified atom stereocenters. The molecule has 2 fully saturated rings. The predicted octanol–water partition coefficient (Wildman–Crippen LogP) is 1.81. The van der Waals surface area contributed by atoms with Crippen molar-refractivity contribution >= 4 is 35.2 Å². The molecule has 2 aromatic carbocycles. The summed E-state index contributed by atoms with van der Waals surface area (Å²) in [7, 11) is 0. The van der Waals surface area contributed by atoms with Crippen molar-refractivity contribution in [3.8, 4) is 0 Å². The first-order valence-electron chi connectivity index (χ1n) is 10.0. The van der Waals surface area contributed by atoms with Crippen LogP contribution in [-0.4, -0.2) is 67.7 Å². The lowest BCUT2D eigenvalue weighted by atomic mass is 10.1. The van der Waals surface area contributed by atoms with Crippen LogP contribution in [0.15, 0.2) is 42.5 Å². The SMILES string of the molecule is O=C1c2ccccc2C(=O)N1C[C@H]1CN(c2ccc(N3CCOCC3=O)cc2F)C(=O)O1. The molecule has 0 N–H and O–H groups in total. The molecule has 32 heavy (non-hydrogen) atoms. The minimum atomic E-state index is -0.801. The highest BCUT2D eigenvalue weighted by Crippen LogP contribution is 2.30. The molecule has 0 bridgehead atoms. The van der Waals surface area contributed by atoms with Crippen molar-refractivity contribution in [1.29, 1.82) is 0 Å². The van der Waals surface area contributed by atoms with E-state index in [-0.39, 0.29) is 31.3 Å². The molecule has 0 spiro atoms. The minimum Gasteiger partial charge on any atom is -0.442 e. The monoisotopic (exact) mass is 439 g/mol. The topological polar surface area (TPSA) is 96.5 Å². The zero-order chi connectivity index (χ0) is 22.4. The van der Waals surface area contributed by atoms with Crippen LogP contribution in [0.1, 0.15) is 20.7 Å². The number of ether oxygens (including phenoxy) is 2. The molecule has 2 aromatic rings. The highest BCUT2D eigenvalue weighted by molar-refractivity contribution is 6.21. The molecule has 10 heteroatoms. The van der Waals surface area contributed by atoms with E-state index in [2.05, 4.69) is 0 Å². The van der Waals surface area contributed by atoms with Crippen molar-refractivity contribution in [2.75, 3.05) is 42.6 Å². The molecule has 0 saturated carbocycles. The van der Waals surface area contributed by atoms with Crippen LogP contribution in [0.5, 0.6) is 0 Å². The Morgan fingerprint density at radius 2 is 1.69 bits per heavy atom. The van der Waals surface area contributed by atoms with Gasteiger partial charge in [0.1, 0.15) is 18.5 Å². The van der Waals surface area contributed by atoms with E-state index >= 15 is 0 Å². The number of hydrogen-bond donors (Lipinski definition) is 0. The lowest BCUT2D eigenvalue weighted by Crippen LogP contribution is -2.41. The Kier molecular flexibility index (Phi) is 4.86. The van der Waals surface area contributed by atoms with Gasteiger partial charge in [-0.05, 0) is 30.3 Å². The van der Waals surface area contributed by atoms with Gasteiger partial charge in [-0.15, -0.1) is 0 Å². The molecule has 9 nitrogen and oxygen atoms in total. The van der Waals surface area contributed by atoms with Crippen LogP contribution in [-0.2, 0) is 14.3 Å². The van der Waals surface area contributed by atoms with E-state index in [9.17, 15) is 23.6 Å². The number of halogens is 1. The maximum Gasteiger partial charge on any atom is 0.414 e. The summed E-state index contributed by atoms with van der Waals surface area (Å²) < 4.78 is 25.2. The fourth-order valence-electron chi connectivity index (χ4n) is 4.10. The first kappa shape index (κ1) is 20.1. The van der Waals surface area contributed by atoms with E-state index < -0.39 is 29.8 Å². The van der Waals surface area contributed by atoms with Crippen molar-refractivity contribution in [2.24, 2.45) is 0 Å². The molecule has 0 radical (unpaired) electrons. The Bertz CT molecular complexity index is 1120. The zero-order valence-corrected chi connectivity index (χ0v) is 16.8. The molecule has 4 amide bonds. The van der Waals surface area contributed by atoms with Gasteiger partial charge >= 0.3 is 6.09 Å². The molecule has 3 heterocycles. The van der Waals surface area contributed by atoms with Gasteiger partial charge in [0.2, 0.25) is 0 Å². The first-order chi connectivity index (χ1) is 15.4. The predicted molar refractivity (Wildman–Crippen MR) is 109 cm³/mol. The third kappa shape index (κ3) is 3.28. The van der Waals surface area contributed by atoms with Crippen molar-refractivity contribution in [1.82, 2.24) is 4.90 Å². The second kappa shape index (κ2) is 7.72. The third-order valence-corrected chi connectivity index (χ3v) is 5.66. The molecule has 5 rings (SSSR count). The number of morpholine rings is 1. The van der Waals surface area contributed by atoms with Crippen LogP contribution in [0.3, 0.4) is 0 Å². The van der Waals surface area contributed by atoms with Gasteiger partial charge in [0.05, 0.1) is 36.5 Å². The molecule has 3 aliphatic rings. The smallest absolute Gasteiger partial charge is 0.414 e. The molecule has 3 aliphatic heterocycles. The van der Waals surface area contributed by atoms with Gasteiger partial charge in [-0.1, -0.05) is 12.1 Å². The molecule has 0 aromatic heterocycles. The highest BCUT2D eigenvalue weighted by atomic mass is 19.1. The maximum atomic E-state index is 14.9. The van der Waals surface area contributed by atoms with Crippen LogP contribution >= 0.6 is 0 Å². The van der Waals surface area contributed by atoms with Gasteiger partial charge < -0.3 is 14.4 Å². The van der Waals surface area contributed by atoms with Gasteiger partial charge in [-0.3, -0.25) is 24.2 Å². The van der Waals surface area contributed by atoms with Gasteiger partial charge in [-0.25, -0.2) is 9.18 Å². The molecular weight excluding hydrogens is 421 g/mol. The summed E-state index contributed by atoms with van der Waals surface area (Å²) >= 11 is 0. The van der Waals surface area contributed by atoms with E-state index in [1.54, 1.807) is 30.3 Å². The summed E-state index contributed by atoms with van der Waals surface area (Å²) in [5, 5.41) is 0. The fraction of sp³-hybridized carbons (Fsp3) is 0.273. The second-order valence-corrected chi connectivity index (χ2v) is 7.62. The number of hydrogen-bond acceptors (Lipinski definition) is 6. The van der Waals surface area contributed by atoms with Gasteiger partial charge in [0.25, 0.3) is 17.7 Å². The fourth-order valence-corrected chi connectivity index (χ4v) is 4.10. The lowest BCUT2D eigenvalue weighted by Gasteiger charge is -2.27. The van der Waals surface area contributed by atoms with Crippen LogP contribution in [0.2, 0.25) is 0 Å². The quantitative estimate of drug-likeness (QED) is 0.675. The van der Waals surface area contributed by atoms with Crippen LogP contribution in [0.4, 0.5) is 20.6 Å². The van der Waals surface area contributed by atoms with Crippen molar-refractivity contribution in [3.63, 3.8) is 0 Å². The van der Waals surface area contributed by atoms with E-state index in [0.717, 1.165) is 9.80 Å². The van der Waals surface area contributed by atoms with Gasteiger partial charge in [0.15, 0.2) is 0 Å². The Morgan fingerprint density at radius 1 is 0.969 bits per heavy atom. The number of rotatable bonds is 4. The average molecular weight is 439 g/mol. The van der Waals surface area contributed by atoms with E-state index in [4.69, 9.17) is 9.47 Å². The molecular formula is C22H18FN3O6. The summed E-state index contributed by atoms with van der Waals surface area (Å²) in [6.45, 7) is 0.440. The lowest BCUT2D eigenvalue weighted by molar-refractivity contribution is -0.125. The summed E-state index contributed by atoms with van der Waals surface area (Å²) in [4.78, 5) is 53.0. The largest absolute Gasteiger partial charge is 0.442 e. The van der Waals surface area contributed by atoms with E-state index in [1.807, 2.05) is 0 Å². The number of carbonyl (C=O) groups is 4. The Labute approximate surface area is 181 Å². The number of imide groups is 1. The summed E-state index contributed by atoms with van der Waals surface area (Å²) in [6.07, 6.45) is -1.58. The van der Waals surface area contributed by atoms with Crippen molar-refractivity contribution in [2.45, 2.75) is 6.10 Å². The minimum absolute atomic E-state index is 0.00989. The van der Waals surface area contributed by atoms with Crippen molar-refractivity contribution < 1.29 is 33.0 Å². The normalized spacial score (nSPS) is 20.8. The summed E-state index contributed by atoms with van der Waals surface area (Å²) in [6, 6.07) is 10.6. The highest BCUT2D eigenvalue weighted by Gasteiger charge is 2.41. The number of fused-ring (bicyclic) bond motifs is 1. The Balaban J connectivity index is 1.31. The number of carbonyl (C=O) groups excluding carboxylic acids is 4. The van der Waals surface area contributed by atoms with Crippen LogP contribution in [0, 0.1) is 5.82 Å². The van der Waals surface area contributed by atoms with Crippen LogP contribution < -0.4 is 9.80 Å². The van der Waals surface area contributed by atoms with E-state index in [0.29, 0.717) is 30.0 Å².